The first-order chi connectivity index (χ1) is 17.1. The van der Waals surface area contributed by atoms with Gasteiger partial charge in [-0.25, -0.2) is 4.79 Å². The minimum Gasteiger partial charge on any atom is -0.565 e. The predicted molar refractivity (Wildman–Crippen MR) is 151 cm³/mol. The molecule has 1 aromatic carbocycles. The molecule has 193 valence electrons. The van der Waals surface area contributed by atoms with Gasteiger partial charge in [-0.15, -0.1) is 18.1 Å². The molecule has 0 saturated heterocycles. The molecule has 0 spiro atoms. The van der Waals surface area contributed by atoms with Crippen molar-refractivity contribution in [1.29, 1.82) is 0 Å². The Bertz CT molecular complexity index is 1460. The van der Waals surface area contributed by atoms with Crippen LogP contribution in [-0.2, 0) is 17.5 Å². The smallest absolute Gasteiger partial charge is 0.329 e. The van der Waals surface area contributed by atoms with E-state index >= 15 is 0 Å². The maximum Gasteiger partial charge on any atom is 0.329 e. The van der Waals surface area contributed by atoms with E-state index in [0.29, 0.717) is 12.6 Å². The van der Waals surface area contributed by atoms with E-state index in [0.717, 1.165) is 71.5 Å². The SMILES string of the molecule is CC(C)(C)[Si-](C)(C)OCCCCn1c(Cn2c(=O)n(C3CC3)c3ccncc32)cc2cc(Cl)ccc21. The number of unbranched alkanes of at least 4 members (excludes halogenated alkanes) is 1. The third-order valence-corrected chi connectivity index (χ3v) is 12.8. The van der Waals surface area contributed by atoms with Crippen LogP contribution in [0.3, 0.4) is 0 Å². The monoisotopic (exact) mass is 524 g/mol. The molecule has 1 aliphatic rings. The molecule has 0 N–H and O–H groups in total. The van der Waals surface area contributed by atoms with Gasteiger partial charge in [-0.1, -0.05) is 32.4 Å². The largest absolute Gasteiger partial charge is 0.565 e. The number of rotatable bonds is 9. The number of hydrogen-bond donors (Lipinski definition) is 0. The summed E-state index contributed by atoms with van der Waals surface area (Å²) < 4.78 is 12.6. The topological polar surface area (TPSA) is 54.0 Å². The molecule has 3 aromatic heterocycles. The van der Waals surface area contributed by atoms with Crippen LogP contribution in [0, 0.1) is 0 Å². The molecule has 0 aliphatic heterocycles. The minimum atomic E-state index is -1.74. The summed E-state index contributed by atoms with van der Waals surface area (Å²) in [5.41, 5.74) is 4.19. The van der Waals surface area contributed by atoms with E-state index < -0.39 is 8.32 Å². The van der Waals surface area contributed by atoms with Crippen LogP contribution in [0.2, 0.25) is 23.2 Å². The number of fused-ring (bicyclic) bond motifs is 2. The number of aryl methyl sites for hydroxylation is 1. The summed E-state index contributed by atoms with van der Waals surface area (Å²) in [4.78, 5) is 17.8. The van der Waals surface area contributed by atoms with Crippen LogP contribution >= 0.6 is 11.6 Å². The maximum absolute atomic E-state index is 13.5. The van der Waals surface area contributed by atoms with Crippen molar-refractivity contribution >= 4 is 41.9 Å². The average Bonchev–Trinajstić information content (AvgIpc) is 3.53. The highest BCUT2D eigenvalue weighted by Crippen LogP contribution is 2.37. The molecule has 1 fully saturated rings. The molecule has 36 heavy (non-hydrogen) atoms. The third kappa shape index (κ3) is 4.81. The van der Waals surface area contributed by atoms with Crippen molar-refractivity contribution in [2.75, 3.05) is 6.61 Å². The normalized spacial score (nSPS) is 14.8. The van der Waals surface area contributed by atoms with E-state index in [4.69, 9.17) is 16.0 Å². The zero-order valence-corrected chi connectivity index (χ0v) is 23.8. The predicted octanol–water partition coefficient (Wildman–Crippen LogP) is 6.99. The number of pyridine rings is 1. The molecular formula is C28H37ClN4O2Si-. The highest BCUT2D eigenvalue weighted by Gasteiger charge is 2.29. The fourth-order valence-electron chi connectivity index (χ4n) is 4.74. The standard InChI is InChI=1S/C28H37ClN4O2Si/c1-28(2,3)36(4,5)35-15-7-6-14-31-23(17-20-16-21(29)8-11-24(20)31)19-32-26-18-30-13-12-25(26)33(27(32)34)22-9-10-22/h8,11-13,16-18,22H,6-7,9-10,14-15,19H2,1-5H3/q-1. The molecule has 6 nitrogen and oxygen atoms in total. The van der Waals surface area contributed by atoms with Gasteiger partial charge in [-0.2, -0.15) is 0 Å². The Labute approximate surface area is 219 Å². The molecule has 0 atom stereocenters. The summed E-state index contributed by atoms with van der Waals surface area (Å²) in [6.45, 7) is 13.6. The number of benzene rings is 1. The Balaban J connectivity index is 1.41. The first-order valence-electron chi connectivity index (χ1n) is 13.0. The summed E-state index contributed by atoms with van der Waals surface area (Å²) in [5, 5.41) is 2.05. The van der Waals surface area contributed by atoms with Gasteiger partial charge in [-0.3, -0.25) is 14.1 Å². The second-order valence-corrected chi connectivity index (χ2v) is 16.9. The lowest BCUT2D eigenvalue weighted by atomic mass is 10.2. The molecule has 1 saturated carbocycles. The number of hydrogen-bond acceptors (Lipinski definition) is 3. The summed E-state index contributed by atoms with van der Waals surface area (Å²) in [6, 6.07) is 10.5. The van der Waals surface area contributed by atoms with Crippen LogP contribution in [0.1, 0.15) is 58.2 Å². The van der Waals surface area contributed by atoms with Gasteiger partial charge in [0.05, 0.1) is 23.8 Å². The van der Waals surface area contributed by atoms with Gasteiger partial charge in [-0.05, 0) is 64.3 Å². The minimum absolute atomic E-state index is 0.0538. The van der Waals surface area contributed by atoms with Crippen LogP contribution in [-0.4, -0.2) is 33.6 Å². The molecule has 5 rings (SSSR count). The van der Waals surface area contributed by atoms with Crippen molar-refractivity contribution in [2.45, 2.75) is 83.7 Å². The van der Waals surface area contributed by atoms with Gasteiger partial charge in [0.2, 0.25) is 0 Å². The molecule has 8 heteroatoms. The van der Waals surface area contributed by atoms with Crippen molar-refractivity contribution < 1.29 is 4.43 Å². The highest BCUT2D eigenvalue weighted by molar-refractivity contribution is 6.74. The Morgan fingerprint density at radius 3 is 2.56 bits per heavy atom. The van der Waals surface area contributed by atoms with Crippen molar-refractivity contribution in [1.82, 2.24) is 18.7 Å². The van der Waals surface area contributed by atoms with Gasteiger partial charge >= 0.3 is 5.69 Å². The third-order valence-electron chi connectivity index (χ3n) is 7.99. The van der Waals surface area contributed by atoms with Crippen LogP contribution in [0.4, 0.5) is 0 Å². The lowest BCUT2D eigenvalue weighted by Gasteiger charge is -2.48. The molecule has 0 amide bonds. The molecule has 4 aromatic rings. The lowest BCUT2D eigenvalue weighted by molar-refractivity contribution is 0.276. The van der Waals surface area contributed by atoms with Crippen molar-refractivity contribution in [3.63, 3.8) is 0 Å². The fraction of sp³-hybridized carbons (Fsp3) is 0.500. The van der Waals surface area contributed by atoms with Crippen LogP contribution < -0.4 is 5.69 Å². The summed E-state index contributed by atoms with van der Waals surface area (Å²) in [5.74, 6) is 0. The zero-order chi connectivity index (χ0) is 25.7. The first kappa shape index (κ1) is 25.3. The molecule has 3 heterocycles. The summed E-state index contributed by atoms with van der Waals surface area (Å²) >= 11 is 6.33. The molecule has 0 radical (unpaired) electrons. The Kier molecular flexibility index (Phi) is 6.68. The van der Waals surface area contributed by atoms with E-state index in [1.54, 1.807) is 6.20 Å². The molecule has 0 unspecified atom stereocenters. The van der Waals surface area contributed by atoms with Crippen LogP contribution in [0.25, 0.3) is 21.9 Å². The quantitative estimate of drug-likeness (QED) is 0.175. The second-order valence-electron chi connectivity index (χ2n) is 11.6. The second kappa shape index (κ2) is 9.51. The van der Waals surface area contributed by atoms with Crippen LogP contribution in [0.15, 0.2) is 47.5 Å². The number of imidazole rings is 1. The highest BCUT2D eigenvalue weighted by atomic mass is 35.5. The van der Waals surface area contributed by atoms with Crippen molar-refractivity contribution in [2.24, 2.45) is 0 Å². The van der Waals surface area contributed by atoms with Gasteiger partial charge < -0.3 is 8.99 Å². The number of nitrogens with zero attached hydrogens (tertiary/aromatic N) is 4. The molecule has 0 bridgehead atoms. The first-order valence-corrected chi connectivity index (χ1v) is 16.3. The van der Waals surface area contributed by atoms with Crippen molar-refractivity contribution in [3.8, 4) is 0 Å². The van der Waals surface area contributed by atoms with Gasteiger partial charge in [0.25, 0.3) is 0 Å². The van der Waals surface area contributed by atoms with E-state index in [-0.39, 0.29) is 10.7 Å². The zero-order valence-electron chi connectivity index (χ0n) is 22.1. The maximum atomic E-state index is 13.5. The summed E-state index contributed by atoms with van der Waals surface area (Å²) in [7, 11) is -1.74. The number of halogens is 1. The Morgan fingerprint density at radius 1 is 1.06 bits per heavy atom. The molecular weight excluding hydrogens is 488 g/mol. The van der Waals surface area contributed by atoms with E-state index in [2.05, 4.69) is 55.5 Å². The summed E-state index contributed by atoms with van der Waals surface area (Å²) in [6.07, 6.45) is 7.74. The van der Waals surface area contributed by atoms with Gasteiger partial charge in [0, 0.05) is 47.0 Å². The Morgan fingerprint density at radius 2 is 1.83 bits per heavy atom. The number of aromatic nitrogens is 4. The van der Waals surface area contributed by atoms with E-state index in [9.17, 15) is 4.79 Å². The average molecular weight is 525 g/mol. The van der Waals surface area contributed by atoms with Crippen LogP contribution in [0.5, 0.6) is 0 Å². The fourth-order valence-corrected chi connectivity index (χ4v) is 6.01. The van der Waals surface area contributed by atoms with Gasteiger partial charge in [0.15, 0.2) is 0 Å². The van der Waals surface area contributed by atoms with E-state index in [1.165, 1.54) is 0 Å². The Hall–Kier alpha value is -2.35. The molecule has 1 aliphatic carbocycles. The van der Waals surface area contributed by atoms with Gasteiger partial charge in [0.1, 0.15) is 0 Å². The van der Waals surface area contributed by atoms with Crippen molar-refractivity contribution in [3.05, 3.63) is 63.9 Å². The lowest BCUT2D eigenvalue weighted by Crippen LogP contribution is -2.40. The van der Waals surface area contributed by atoms with E-state index in [1.807, 2.05) is 33.5 Å².